The van der Waals surface area contributed by atoms with Crippen molar-refractivity contribution in [2.45, 2.75) is 53.3 Å². The van der Waals surface area contributed by atoms with Gasteiger partial charge in [0.1, 0.15) is 0 Å². The van der Waals surface area contributed by atoms with E-state index in [-0.39, 0.29) is 0 Å². The summed E-state index contributed by atoms with van der Waals surface area (Å²) in [5, 5.41) is 0. The summed E-state index contributed by atoms with van der Waals surface area (Å²) in [6.07, 6.45) is 0. The smallest absolute Gasteiger partial charge is 0.310 e. The molecule has 0 aromatic heterocycles. The van der Waals surface area contributed by atoms with Crippen LogP contribution < -0.4 is 0 Å². The van der Waals surface area contributed by atoms with Gasteiger partial charge in [0.15, 0.2) is 0 Å². The van der Waals surface area contributed by atoms with Gasteiger partial charge in [-0.05, 0) is 0 Å². The molecule has 0 fully saturated rings. The lowest BCUT2D eigenvalue weighted by atomic mass is 9.73. The number of hydrogen-bond donors (Lipinski definition) is 0. The van der Waals surface area contributed by atoms with E-state index in [0.717, 1.165) is 7.11 Å². The third kappa shape index (κ3) is 2.14. The van der Waals surface area contributed by atoms with Crippen LogP contribution in [0.5, 0.6) is 0 Å². The van der Waals surface area contributed by atoms with Gasteiger partial charge in [0.25, 0.3) is 5.85 Å². The summed E-state index contributed by atoms with van der Waals surface area (Å²) < 4.78 is 46.8. The van der Waals surface area contributed by atoms with Gasteiger partial charge in [-0.3, -0.25) is 0 Å². The monoisotopic (exact) mass is 226 g/mol. The molecule has 1 nitrogen and oxygen atoms in total. The van der Waals surface area contributed by atoms with Crippen LogP contribution in [0.1, 0.15) is 41.5 Å². The second kappa shape index (κ2) is 3.65. The molecule has 4 heteroatoms. The number of methoxy groups -OCH3 is 1. The summed E-state index contributed by atoms with van der Waals surface area (Å²) in [6.45, 7) is 8.09. The maximum absolute atomic E-state index is 14.3. The highest BCUT2D eigenvalue weighted by Gasteiger charge is 2.67. The topological polar surface area (TPSA) is 9.23 Å². The van der Waals surface area contributed by atoms with Crippen molar-refractivity contribution in [1.82, 2.24) is 0 Å². The van der Waals surface area contributed by atoms with E-state index in [9.17, 15) is 13.2 Å². The van der Waals surface area contributed by atoms with Crippen molar-refractivity contribution in [1.29, 1.82) is 0 Å². The summed E-state index contributed by atoms with van der Waals surface area (Å²) in [7, 11) is 0.977. The maximum atomic E-state index is 14.3. The van der Waals surface area contributed by atoms with E-state index in [1.54, 1.807) is 0 Å². The Morgan fingerprint density at radius 1 is 0.733 bits per heavy atom. The molecule has 15 heavy (non-hydrogen) atoms. The third-order valence-corrected chi connectivity index (χ3v) is 2.59. The molecule has 0 spiro atoms. The molecule has 0 aliphatic heterocycles. The molecule has 92 valence electrons. The van der Waals surface area contributed by atoms with Gasteiger partial charge in [-0.2, -0.15) is 8.78 Å². The summed E-state index contributed by atoms with van der Waals surface area (Å²) in [5.41, 5.74) is -2.79. The van der Waals surface area contributed by atoms with Gasteiger partial charge in [0.2, 0.25) is 0 Å². The molecule has 0 aliphatic carbocycles. The Morgan fingerprint density at radius 2 is 1.07 bits per heavy atom. The highest BCUT2D eigenvalue weighted by atomic mass is 19.3. The molecule has 1 atom stereocenters. The first-order chi connectivity index (χ1) is 6.31. The first-order valence-corrected chi connectivity index (χ1v) is 4.93. The van der Waals surface area contributed by atoms with Crippen LogP contribution in [-0.4, -0.2) is 18.9 Å². The zero-order valence-electron chi connectivity index (χ0n) is 10.5. The minimum atomic E-state index is -3.56. The van der Waals surface area contributed by atoms with Crippen LogP contribution in [0.4, 0.5) is 13.2 Å². The molecule has 0 aromatic rings. The maximum Gasteiger partial charge on any atom is 0.310 e. The Bertz CT molecular complexity index is 225. The molecule has 0 rings (SSSR count). The Hall–Kier alpha value is -0.250. The molecular formula is C11H21F3O. The predicted octanol–water partition coefficient (Wildman–Crippen LogP) is 4.03. The summed E-state index contributed by atoms with van der Waals surface area (Å²) in [5.74, 6) is -6.54. The fraction of sp³-hybridized carbons (Fsp3) is 1.00. The van der Waals surface area contributed by atoms with Gasteiger partial charge in [-0.25, -0.2) is 4.39 Å². The number of ether oxygens (including phenoxy) is 1. The lowest BCUT2D eigenvalue weighted by Gasteiger charge is -2.46. The highest BCUT2D eigenvalue weighted by molar-refractivity contribution is 5.00. The van der Waals surface area contributed by atoms with Crippen molar-refractivity contribution in [2.24, 2.45) is 10.8 Å². The molecule has 0 radical (unpaired) electrons. The summed E-state index contributed by atoms with van der Waals surface area (Å²) in [4.78, 5) is 0. The minimum Gasteiger partial charge on any atom is -0.344 e. The van der Waals surface area contributed by atoms with Crippen molar-refractivity contribution in [3.8, 4) is 0 Å². The van der Waals surface area contributed by atoms with Crippen molar-refractivity contribution in [2.75, 3.05) is 7.11 Å². The zero-order chi connectivity index (χ0) is 12.7. The van der Waals surface area contributed by atoms with Crippen LogP contribution in [0.25, 0.3) is 0 Å². The van der Waals surface area contributed by atoms with E-state index in [1.807, 2.05) is 0 Å². The fourth-order valence-corrected chi connectivity index (χ4v) is 1.39. The molecule has 1 unspecified atom stereocenters. The van der Waals surface area contributed by atoms with Crippen LogP contribution in [0, 0.1) is 10.8 Å². The highest BCUT2D eigenvalue weighted by Crippen LogP contribution is 2.53. The van der Waals surface area contributed by atoms with E-state index < -0.39 is 22.6 Å². The van der Waals surface area contributed by atoms with Gasteiger partial charge in [0, 0.05) is 17.9 Å². The second-order valence-electron chi connectivity index (χ2n) is 5.87. The normalized spacial score (nSPS) is 18.8. The fourth-order valence-electron chi connectivity index (χ4n) is 1.39. The lowest BCUT2D eigenvalue weighted by Crippen LogP contribution is -2.60. The van der Waals surface area contributed by atoms with Crippen molar-refractivity contribution >= 4 is 0 Å². The molecule has 0 bridgehead atoms. The largest absolute Gasteiger partial charge is 0.344 e. The van der Waals surface area contributed by atoms with Crippen LogP contribution >= 0.6 is 0 Å². The van der Waals surface area contributed by atoms with Gasteiger partial charge < -0.3 is 4.74 Å². The average Bonchev–Trinajstić information content (AvgIpc) is 1.98. The molecule has 0 aliphatic rings. The Balaban J connectivity index is 5.50. The third-order valence-electron chi connectivity index (χ3n) is 2.59. The lowest BCUT2D eigenvalue weighted by molar-refractivity contribution is -0.341. The molecular weight excluding hydrogens is 205 g/mol. The number of hydrogen-bond acceptors (Lipinski definition) is 1. The van der Waals surface area contributed by atoms with Crippen LogP contribution in [0.2, 0.25) is 0 Å². The Kier molecular flexibility index (Phi) is 3.59. The van der Waals surface area contributed by atoms with Crippen LogP contribution in [0.15, 0.2) is 0 Å². The van der Waals surface area contributed by atoms with Crippen molar-refractivity contribution in [3.63, 3.8) is 0 Å². The van der Waals surface area contributed by atoms with Gasteiger partial charge in [-0.1, -0.05) is 41.5 Å². The first kappa shape index (κ1) is 14.8. The Labute approximate surface area is 90.0 Å². The predicted molar refractivity (Wildman–Crippen MR) is 54.7 cm³/mol. The SMILES string of the molecule is COC(F)(C(C)(C)C)C(F)(F)C(C)(C)C. The number of halogens is 3. The summed E-state index contributed by atoms with van der Waals surface area (Å²) in [6, 6.07) is 0. The van der Waals surface area contributed by atoms with Gasteiger partial charge in [0.05, 0.1) is 0 Å². The van der Waals surface area contributed by atoms with E-state index >= 15 is 0 Å². The van der Waals surface area contributed by atoms with E-state index in [0.29, 0.717) is 0 Å². The quantitative estimate of drug-likeness (QED) is 0.690. The average molecular weight is 226 g/mol. The van der Waals surface area contributed by atoms with E-state index in [2.05, 4.69) is 4.74 Å². The second-order valence-corrected chi connectivity index (χ2v) is 5.87. The van der Waals surface area contributed by atoms with E-state index in [1.165, 1.54) is 41.5 Å². The number of alkyl halides is 3. The molecule has 0 saturated carbocycles. The number of rotatable bonds is 2. The molecule has 0 aromatic carbocycles. The van der Waals surface area contributed by atoms with Crippen molar-refractivity contribution in [3.05, 3.63) is 0 Å². The summed E-state index contributed by atoms with van der Waals surface area (Å²) >= 11 is 0. The first-order valence-electron chi connectivity index (χ1n) is 4.93. The van der Waals surface area contributed by atoms with Gasteiger partial charge >= 0.3 is 5.92 Å². The molecule has 0 N–H and O–H groups in total. The molecule has 0 saturated heterocycles. The van der Waals surface area contributed by atoms with Crippen molar-refractivity contribution < 1.29 is 17.9 Å². The Morgan fingerprint density at radius 3 is 1.13 bits per heavy atom. The zero-order valence-corrected chi connectivity index (χ0v) is 10.5. The van der Waals surface area contributed by atoms with Crippen LogP contribution in [0.3, 0.4) is 0 Å². The minimum absolute atomic E-state index is 0.977. The molecule has 0 amide bonds. The standard InChI is InChI=1S/C11H21F3O/c1-8(2,3)10(12,13)11(14,15-7)9(4,5)6/h1-7H3. The van der Waals surface area contributed by atoms with Gasteiger partial charge in [-0.15, -0.1) is 0 Å². The molecule has 0 heterocycles. The van der Waals surface area contributed by atoms with E-state index in [4.69, 9.17) is 0 Å². The van der Waals surface area contributed by atoms with Crippen LogP contribution in [-0.2, 0) is 4.74 Å².